The smallest absolute Gasteiger partial charge is 0.270 e. The Hall–Kier alpha value is -1.75. The first kappa shape index (κ1) is 9.34. The molecule has 1 aromatic rings. The fourth-order valence-corrected chi connectivity index (χ4v) is 0.941. The van der Waals surface area contributed by atoms with Gasteiger partial charge in [0.05, 0.1) is 5.69 Å². The molecule has 0 bridgehead atoms. The lowest BCUT2D eigenvalue weighted by atomic mass is 10.1. The summed E-state index contributed by atoms with van der Waals surface area (Å²) < 4.78 is 13.1. The molecule has 5 heteroatoms. The molecule has 0 radical (unpaired) electrons. The summed E-state index contributed by atoms with van der Waals surface area (Å²) in [6, 6.07) is 4.06. The minimum absolute atomic E-state index is 0.169. The lowest BCUT2D eigenvalue weighted by Crippen LogP contribution is -2.30. The number of halogens is 1. The van der Waals surface area contributed by atoms with Crippen LogP contribution in [0.2, 0.25) is 0 Å². The number of aliphatic imine (C=N–C) groups is 1. The molecule has 0 aliphatic carbocycles. The fourth-order valence-electron chi connectivity index (χ4n) is 0.941. The van der Waals surface area contributed by atoms with Crippen LogP contribution < -0.4 is 11.3 Å². The second-order valence-electron chi connectivity index (χ2n) is 2.27. The molecule has 0 aromatic heterocycles. The summed E-state index contributed by atoms with van der Waals surface area (Å²) >= 11 is 0. The van der Waals surface area contributed by atoms with Gasteiger partial charge in [0.2, 0.25) is 0 Å². The molecule has 0 aliphatic rings. The van der Waals surface area contributed by atoms with Crippen molar-refractivity contribution in [3.63, 3.8) is 0 Å². The molecule has 0 heterocycles. The summed E-state index contributed by atoms with van der Waals surface area (Å²) in [6.07, 6.45) is 0. The Morgan fingerprint density at radius 1 is 1.62 bits per heavy atom. The molecule has 3 N–H and O–H groups in total. The molecule has 4 nitrogen and oxygen atoms in total. The summed E-state index contributed by atoms with van der Waals surface area (Å²) in [5.74, 6) is 3.47. The van der Waals surface area contributed by atoms with Gasteiger partial charge in [0, 0.05) is 0 Å². The maximum Gasteiger partial charge on any atom is 0.270 e. The number of hydrazine groups is 1. The summed E-state index contributed by atoms with van der Waals surface area (Å²) in [7, 11) is 0. The second kappa shape index (κ2) is 3.77. The van der Waals surface area contributed by atoms with Gasteiger partial charge in [-0.2, -0.15) is 0 Å². The summed E-state index contributed by atoms with van der Waals surface area (Å²) in [5, 5.41) is 0. The highest BCUT2D eigenvalue weighted by atomic mass is 19.1. The van der Waals surface area contributed by atoms with Crippen molar-refractivity contribution in [2.75, 3.05) is 0 Å². The third kappa shape index (κ3) is 1.70. The maximum absolute atomic E-state index is 13.1. The molecule has 1 aromatic carbocycles. The zero-order valence-corrected chi connectivity index (χ0v) is 6.75. The van der Waals surface area contributed by atoms with Gasteiger partial charge in [-0.1, -0.05) is 6.07 Å². The molecule has 0 unspecified atom stereocenters. The largest absolute Gasteiger partial charge is 0.290 e. The fraction of sp³-hybridized carbons (Fsp3) is 0. The monoisotopic (exact) mass is 181 g/mol. The van der Waals surface area contributed by atoms with Gasteiger partial charge in [-0.3, -0.25) is 15.2 Å². The minimum Gasteiger partial charge on any atom is -0.290 e. The Labute approximate surface area is 74.2 Å². The van der Waals surface area contributed by atoms with E-state index >= 15 is 0 Å². The number of nitrogen functional groups attached to an aromatic ring is 1. The number of rotatable bonds is 2. The number of benzene rings is 1. The molecular weight excluding hydrogens is 173 g/mol. The number of hydrogen-bond donors (Lipinski definition) is 2. The average Bonchev–Trinajstić information content (AvgIpc) is 2.16. The standard InChI is InChI=1S/C8H8FN3O/c1-11-6-4-2-3-5(9)7(6)8(13)12-10/h2-4H,1,10H2,(H,12,13). The molecule has 13 heavy (non-hydrogen) atoms. The number of hydrogen-bond acceptors (Lipinski definition) is 3. The van der Waals surface area contributed by atoms with Crippen molar-refractivity contribution < 1.29 is 9.18 Å². The van der Waals surface area contributed by atoms with E-state index in [0.717, 1.165) is 6.07 Å². The van der Waals surface area contributed by atoms with E-state index in [1.807, 2.05) is 5.43 Å². The normalized spacial score (nSPS) is 9.38. The van der Waals surface area contributed by atoms with Crippen LogP contribution in [0.25, 0.3) is 0 Å². The van der Waals surface area contributed by atoms with Crippen molar-refractivity contribution in [1.29, 1.82) is 0 Å². The van der Waals surface area contributed by atoms with Crippen molar-refractivity contribution >= 4 is 18.3 Å². The van der Waals surface area contributed by atoms with E-state index in [-0.39, 0.29) is 11.3 Å². The molecule has 0 spiro atoms. The number of nitrogens with one attached hydrogen (secondary N) is 1. The van der Waals surface area contributed by atoms with Crippen LogP contribution in [0.1, 0.15) is 10.4 Å². The zero-order chi connectivity index (χ0) is 9.84. The summed E-state index contributed by atoms with van der Waals surface area (Å²) in [4.78, 5) is 14.5. The van der Waals surface area contributed by atoms with Crippen molar-refractivity contribution in [3.05, 3.63) is 29.6 Å². The van der Waals surface area contributed by atoms with E-state index in [9.17, 15) is 9.18 Å². The minimum atomic E-state index is -0.722. The number of nitrogens with two attached hydrogens (primary N) is 1. The molecule has 1 rings (SSSR count). The van der Waals surface area contributed by atoms with Crippen LogP contribution >= 0.6 is 0 Å². The lowest BCUT2D eigenvalue weighted by Gasteiger charge is -2.03. The Morgan fingerprint density at radius 3 is 2.85 bits per heavy atom. The first-order valence-electron chi connectivity index (χ1n) is 3.47. The predicted molar refractivity (Wildman–Crippen MR) is 47.3 cm³/mol. The first-order chi connectivity index (χ1) is 6.20. The molecule has 0 saturated heterocycles. The van der Waals surface area contributed by atoms with E-state index in [1.54, 1.807) is 0 Å². The molecule has 0 saturated carbocycles. The van der Waals surface area contributed by atoms with Crippen LogP contribution in [0, 0.1) is 5.82 Å². The van der Waals surface area contributed by atoms with E-state index in [2.05, 4.69) is 11.7 Å². The summed E-state index contributed by atoms with van der Waals surface area (Å²) in [6.45, 7) is 3.21. The van der Waals surface area contributed by atoms with Crippen LogP contribution in [-0.2, 0) is 0 Å². The van der Waals surface area contributed by atoms with Crippen LogP contribution in [0.5, 0.6) is 0 Å². The molecular formula is C8H8FN3O. The molecule has 1 amide bonds. The third-order valence-corrected chi connectivity index (χ3v) is 1.52. The predicted octanol–water partition coefficient (Wildman–Crippen LogP) is 0.761. The Bertz CT molecular complexity index is 351. The highest BCUT2D eigenvalue weighted by Crippen LogP contribution is 2.20. The van der Waals surface area contributed by atoms with Crippen LogP contribution in [0.4, 0.5) is 10.1 Å². The molecule has 0 atom stereocenters. The van der Waals surface area contributed by atoms with E-state index in [1.165, 1.54) is 12.1 Å². The second-order valence-corrected chi connectivity index (χ2v) is 2.27. The van der Waals surface area contributed by atoms with Gasteiger partial charge in [-0.05, 0) is 18.9 Å². The SMILES string of the molecule is C=Nc1cccc(F)c1C(=O)NN. The van der Waals surface area contributed by atoms with Crippen LogP contribution in [0.15, 0.2) is 23.2 Å². The molecule has 0 aliphatic heterocycles. The maximum atomic E-state index is 13.1. The quantitative estimate of drug-likeness (QED) is 0.306. The van der Waals surface area contributed by atoms with Gasteiger partial charge >= 0.3 is 0 Å². The van der Waals surface area contributed by atoms with Crippen LogP contribution in [-0.4, -0.2) is 12.6 Å². The van der Waals surface area contributed by atoms with E-state index < -0.39 is 11.7 Å². The highest BCUT2D eigenvalue weighted by Gasteiger charge is 2.14. The highest BCUT2D eigenvalue weighted by molar-refractivity contribution is 5.99. The van der Waals surface area contributed by atoms with Gasteiger partial charge in [0.15, 0.2) is 0 Å². The van der Waals surface area contributed by atoms with Gasteiger partial charge < -0.3 is 0 Å². The first-order valence-corrected chi connectivity index (χ1v) is 3.47. The average molecular weight is 181 g/mol. The third-order valence-electron chi connectivity index (χ3n) is 1.52. The van der Waals surface area contributed by atoms with Gasteiger partial charge in [-0.15, -0.1) is 0 Å². The zero-order valence-electron chi connectivity index (χ0n) is 6.75. The topological polar surface area (TPSA) is 67.5 Å². The van der Waals surface area contributed by atoms with Crippen LogP contribution in [0.3, 0.4) is 0 Å². The Kier molecular flexibility index (Phi) is 2.71. The van der Waals surface area contributed by atoms with Crippen molar-refractivity contribution in [2.24, 2.45) is 10.8 Å². The lowest BCUT2D eigenvalue weighted by molar-refractivity contribution is 0.0950. The number of nitrogens with zero attached hydrogens (tertiary/aromatic N) is 1. The van der Waals surface area contributed by atoms with E-state index in [0.29, 0.717) is 0 Å². The summed E-state index contributed by atoms with van der Waals surface area (Å²) in [5.41, 5.74) is 1.81. The number of carbonyl (C=O) groups is 1. The Balaban J connectivity index is 3.30. The van der Waals surface area contributed by atoms with E-state index in [4.69, 9.17) is 5.84 Å². The van der Waals surface area contributed by atoms with Crippen molar-refractivity contribution in [3.8, 4) is 0 Å². The molecule has 0 fully saturated rings. The number of carbonyl (C=O) groups excluding carboxylic acids is 1. The van der Waals surface area contributed by atoms with Crippen molar-refractivity contribution in [2.45, 2.75) is 0 Å². The Morgan fingerprint density at radius 2 is 2.31 bits per heavy atom. The number of amides is 1. The van der Waals surface area contributed by atoms with Gasteiger partial charge in [0.25, 0.3) is 5.91 Å². The van der Waals surface area contributed by atoms with Gasteiger partial charge in [0.1, 0.15) is 11.4 Å². The molecule has 68 valence electrons. The van der Waals surface area contributed by atoms with Crippen molar-refractivity contribution in [1.82, 2.24) is 5.43 Å². The van der Waals surface area contributed by atoms with Gasteiger partial charge in [-0.25, -0.2) is 10.2 Å².